The molecule has 0 spiro atoms. The zero-order valence-electron chi connectivity index (χ0n) is 15.4. The molecule has 1 aromatic heterocycles. The SMILES string of the molecule is COc1ccc(S(=O)(=O)NCc2ccc(-n3ccnc3)cc2)cc1NC(C)=O. The van der Waals surface area contributed by atoms with E-state index < -0.39 is 10.0 Å². The number of imidazole rings is 1. The number of hydrogen-bond donors (Lipinski definition) is 2. The minimum Gasteiger partial charge on any atom is -0.495 e. The molecule has 0 saturated carbocycles. The fraction of sp³-hybridized carbons (Fsp3) is 0.158. The quantitative estimate of drug-likeness (QED) is 0.634. The number of anilines is 1. The van der Waals surface area contributed by atoms with Crippen LogP contribution in [0.25, 0.3) is 5.69 Å². The van der Waals surface area contributed by atoms with Gasteiger partial charge in [-0.15, -0.1) is 0 Å². The topological polar surface area (TPSA) is 102 Å². The summed E-state index contributed by atoms with van der Waals surface area (Å²) in [6, 6.07) is 11.7. The van der Waals surface area contributed by atoms with Crippen LogP contribution < -0.4 is 14.8 Å². The lowest BCUT2D eigenvalue weighted by Gasteiger charge is -2.12. The van der Waals surface area contributed by atoms with Crippen molar-refractivity contribution in [2.24, 2.45) is 0 Å². The van der Waals surface area contributed by atoms with Gasteiger partial charge in [0.25, 0.3) is 0 Å². The first-order valence-electron chi connectivity index (χ1n) is 8.41. The summed E-state index contributed by atoms with van der Waals surface area (Å²) in [5, 5.41) is 2.57. The number of ether oxygens (including phenoxy) is 1. The van der Waals surface area contributed by atoms with Crippen molar-refractivity contribution < 1.29 is 17.9 Å². The number of nitrogens with one attached hydrogen (secondary N) is 2. The summed E-state index contributed by atoms with van der Waals surface area (Å²) in [4.78, 5) is 15.4. The van der Waals surface area contributed by atoms with Crippen molar-refractivity contribution in [1.82, 2.24) is 14.3 Å². The lowest BCUT2D eigenvalue weighted by atomic mass is 10.2. The van der Waals surface area contributed by atoms with Crippen molar-refractivity contribution in [2.75, 3.05) is 12.4 Å². The molecular formula is C19H20N4O4S. The highest BCUT2D eigenvalue weighted by Crippen LogP contribution is 2.27. The highest BCUT2D eigenvalue weighted by Gasteiger charge is 2.17. The molecule has 28 heavy (non-hydrogen) atoms. The predicted molar refractivity (Wildman–Crippen MR) is 105 cm³/mol. The first kappa shape index (κ1) is 19.6. The number of carbonyl (C=O) groups excluding carboxylic acids is 1. The van der Waals surface area contributed by atoms with Crippen LogP contribution >= 0.6 is 0 Å². The Morgan fingerprint density at radius 1 is 1.18 bits per heavy atom. The summed E-state index contributed by atoms with van der Waals surface area (Å²) in [6.45, 7) is 1.47. The molecule has 9 heteroatoms. The van der Waals surface area contributed by atoms with E-state index >= 15 is 0 Å². The smallest absolute Gasteiger partial charge is 0.240 e. The lowest BCUT2D eigenvalue weighted by molar-refractivity contribution is -0.114. The minimum atomic E-state index is -3.77. The molecule has 1 heterocycles. The summed E-state index contributed by atoms with van der Waals surface area (Å²) in [5.74, 6) is 0.0584. The van der Waals surface area contributed by atoms with Gasteiger partial charge in [0.05, 0.1) is 24.0 Å². The molecule has 2 aromatic carbocycles. The summed E-state index contributed by atoms with van der Waals surface area (Å²) >= 11 is 0. The van der Waals surface area contributed by atoms with Gasteiger partial charge in [-0.05, 0) is 35.9 Å². The zero-order chi connectivity index (χ0) is 20.1. The van der Waals surface area contributed by atoms with E-state index in [1.807, 2.05) is 35.0 Å². The molecule has 0 bridgehead atoms. The Labute approximate surface area is 163 Å². The fourth-order valence-electron chi connectivity index (χ4n) is 2.60. The van der Waals surface area contributed by atoms with E-state index in [2.05, 4.69) is 15.0 Å². The Bertz CT molecular complexity index is 1060. The number of methoxy groups -OCH3 is 1. The lowest BCUT2D eigenvalue weighted by Crippen LogP contribution is -2.23. The van der Waals surface area contributed by atoms with Gasteiger partial charge in [-0.25, -0.2) is 18.1 Å². The number of carbonyl (C=O) groups is 1. The van der Waals surface area contributed by atoms with Crippen molar-refractivity contribution in [3.63, 3.8) is 0 Å². The third-order valence-corrected chi connectivity index (χ3v) is 5.40. The van der Waals surface area contributed by atoms with Crippen LogP contribution in [0.2, 0.25) is 0 Å². The molecule has 0 radical (unpaired) electrons. The molecule has 2 N–H and O–H groups in total. The van der Waals surface area contributed by atoms with E-state index in [1.54, 1.807) is 12.5 Å². The molecule has 0 aliphatic carbocycles. The molecule has 0 aliphatic heterocycles. The standard InChI is InChI=1S/C19H20N4O4S/c1-14(24)22-18-11-17(7-8-19(18)27-2)28(25,26)21-12-15-3-5-16(6-4-15)23-10-9-20-13-23/h3-11,13,21H,12H2,1-2H3,(H,22,24). The van der Waals surface area contributed by atoms with Crippen molar-refractivity contribution in [1.29, 1.82) is 0 Å². The predicted octanol–water partition coefficient (Wildman–Crippen LogP) is 2.32. The third kappa shape index (κ3) is 4.56. The normalized spacial score (nSPS) is 11.2. The van der Waals surface area contributed by atoms with Crippen LogP contribution in [-0.4, -0.2) is 31.0 Å². The Morgan fingerprint density at radius 2 is 1.93 bits per heavy atom. The van der Waals surface area contributed by atoms with E-state index in [0.717, 1.165) is 11.3 Å². The summed E-state index contributed by atoms with van der Waals surface area (Å²) in [5.41, 5.74) is 2.03. The molecule has 0 aliphatic rings. The maximum Gasteiger partial charge on any atom is 0.240 e. The highest BCUT2D eigenvalue weighted by molar-refractivity contribution is 7.89. The number of rotatable bonds is 7. The van der Waals surface area contributed by atoms with Crippen LogP contribution in [-0.2, 0) is 21.4 Å². The van der Waals surface area contributed by atoms with Crippen LogP contribution in [0.3, 0.4) is 0 Å². The van der Waals surface area contributed by atoms with Gasteiger partial charge in [-0.2, -0.15) is 0 Å². The molecule has 1 amide bonds. The van der Waals surface area contributed by atoms with Crippen molar-refractivity contribution in [3.8, 4) is 11.4 Å². The van der Waals surface area contributed by atoms with Gasteiger partial charge in [0, 0.05) is 31.5 Å². The molecule has 0 fully saturated rings. The summed E-state index contributed by atoms with van der Waals surface area (Å²) < 4.78 is 34.8. The van der Waals surface area contributed by atoms with Crippen LogP contribution in [0.5, 0.6) is 5.75 Å². The second kappa shape index (κ2) is 8.24. The Balaban J connectivity index is 1.74. The highest BCUT2D eigenvalue weighted by atomic mass is 32.2. The molecule has 0 saturated heterocycles. The average molecular weight is 400 g/mol. The molecular weight excluding hydrogens is 380 g/mol. The number of sulfonamides is 1. The second-order valence-electron chi connectivity index (χ2n) is 6.00. The van der Waals surface area contributed by atoms with Crippen molar-refractivity contribution in [2.45, 2.75) is 18.4 Å². The molecule has 0 unspecified atom stereocenters. The Hall–Kier alpha value is -3.17. The maximum atomic E-state index is 12.6. The largest absolute Gasteiger partial charge is 0.495 e. The van der Waals surface area contributed by atoms with E-state index in [0.29, 0.717) is 11.4 Å². The van der Waals surface area contributed by atoms with E-state index in [-0.39, 0.29) is 17.3 Å². The summed E-state index contributed by atoms with van der Waals surface area (Å²) in [6.07, 6.45) is 5.20. The average Bonchev–Trinajstić information content (AvgIpc) is 3.21. The fourth-order valence-corrected chi connectivity index (χ4v) is 3.64. The minimum absolute atomic E-state index is 0.0343. The van der Waals surface area contributed by atoms with E-state index in [9.17, 15) is 13.2 Å². The number of nitrogens with zero attached hydrogens (tertiary/aromatic N) is 2. The number of amides is 1. The van der Waals surface area contributed by atoms with Gasteiger partial charge in [-0.1, -0.05) is 12.1 Å². The summed E-state index contributed by atoms with van der Waals surface area (Å²) in [7, 11) is -2.32. The van der Waals surface area contributed by atoms with Crippen LogP contribution in [0.1, 0.15) is 12.5 Å². The number of aromatic nitrogens is 2. The molecule has 146 valence electrons. The van der Waals surface area contributed by atoms with Crippen molar-refractivity contribution >= 4 is 21.6 Å². The first-order chi connectivity index (χ1) is 13.4. The molecule has 3 aromatic rings. The van der Waals surface area contributed by atoms with Crippen LogP contribution in [0.4, 0.5) is 5.69 Å². The molecule has 3 rings (SSSR count). The van der Waals surface area contributed by atoms with Gasteiger partial charge in [0.15, 0.2) is 0 Å². The second-order valence-corrected chi connectivity index (χ2v) is 7.77. The molecule has 0 atom stereocenters. The number of hydrogen-bond acceptors (Lipinski definition) is 5. The maximum absolute atomic E-state index is 12.6. The first-order valence-corrected chi connectivity index (χ1v) is 9.90. The van der Waals surface area contributed by atoms with Crippen molar-refractivity contribution in [3.05, 3.63) is 66.7 Å². The molecule has 8 nitrogen and oxygen atoms in total. The zero-order valence-corrected chi connectivity index (χ0v) is 16.2. The number of benzene rings is 2. The monoisotopic (exact) mass is 400 g/mol. The van der Waals surface area contributed by atoms with Crippen LogP contribution in [0, 0.1) is 0 Å². The Morgan fingerprint density at radius 3 is 2.54 bits per heavy atom. The van der Waals surface area contributed by atoms with Gasteiger partial charge in [-0.3, -0.25) is 4.79 Å². The van der Waals surface area contributed by atoms with Gasteiger partial charge in [0.2, 0.25) is 15.9 Å². The third-order valence-electron chi connectivity index (χ3n) is 4.00. The van der Waals surface area contributed by atoms with E-state index in [1.165, 1.54) is 32.2 Å². The Kier molecular flexibility index (Phi) is 5.76. The van der Waals surface area contributed by atoms with E-state index in [4.69, 9.17) is 4.74 Å². The van der Waals surface area contributed by atoms with Gasteiger partial charge < -0.3 is 14.6 Å². The van der Waals surface area contributed by atoms with Crippen LogP contribution in [0.15, 0.2) is 66.1 Å². The van der Waals surface area contributed by atoms with Gasteiger partial charge >= 0.3 is 0 Å². The van der Waals surface area contributed by atoms with Gasteiger partial charge in [0.1, 0.15) is 5.75 Å².